The molecule has 0 radical (unpaired) electrons. The fourth-order valence-electron chi connectivity index (χ4n) is 5.21. The van der Waals surface area contributed by atoms with Crippen LogP contribution in [0.3, 0.4) is 0 Å². The van der Waals surface area contributed by atoms with Crippen LogP contribution in [-0.2, 0) is 32.6 Å². The number of hydrogen-bond acceptors (Lipinski definition) is 6. The first-order valence-electron chi connectivity index (χ1n) is 15.9. The minimum Gasteiger partial charge on any atom is -0.493 e. The van der Waals surface area contributed by atoms with E-state index in [-0.39, 0.29) is 35.4 Å². The first-order valence-corrected chi connectivity index (χ1v) is 17.3. The maximum Gasteiger partial charge on any atom is 0.264 e. The minimum absolute atomic E-state index is 0.0749. The number of carbonyl (C=O) groups excluding carboxylic acids is 2. The molecule has 0 aliphatic carbocycles. The van der Waals surface area contributed by atoms with Crippen molar-refractivity contribution in [1.29, 1.82) is 0 Å². The SMILES string of the molecule is COc1ccc(S(=O)(=O)N(CC(=O)N(Cc2ccc(C)cc2)[C@@H](Cc2ccccc2)C(=O)NCC(C)C)c2ccc(C)cc2)cc1OC. The number of carbonyl (C=O) groups is 2. The Balaban J connectivity index is 1.81. The van der Waals surface area contributed by atoms with Crippen molar-refractivity contribution in [1.82, 2.24) is 10.2 Å². The van der Waals surface area contributed by atoms with Crippen molar-refractivity contribution in [2.45, 2.75) is 51.6 Å². The van der Waals surface area contributed by atoms with Gasteiger partial charge in [0.15, 0.2) is 11.5 Å². The fourth-order valence-corrected chi connectivity index (χ4v) is 6.64. The molecule has 0 saturated carbocycles. The Morgan fingerprint density at radius 2 is 1.38 bits per heavy atom. The average Bonchev–Trinajstić information content (AvgIpc) is 3.08. The van der Waals surface area contributed by atoms with E-state index in [1.54, 1.807) is 24.3 Å². The Hall–Kier alpha value is -4.83. The van der Waals surface area contributed by atoms with Crippen LogP contribution in [-0.4, -0.2) is 58.5 Å². The molecule has 4 rings (SSSR count). The number of nitrogens with one attached hydrogen (secondary N) is 1. The van der Waals surface area contributed by atoms with Gasteiger partial charge in [0.25, 0.3) is 10.0 Å². The van der Waals surface area contributed by atoms with Crippen LogP contribution in [0.5, 0.6) is 11.5 Å². The summed E-state index contributed by atoms with van der Waals surface area (Å²) in [5, 5.41) is 3.01. The van der Waals surface area contributed by atoms with Crippen LogP contribution in [0.25, 0.3) is 0 Å². The Morgan fingerprint density at radius 1 is 0.771 bits per heavy atom. The van der Waals surface area contributed by atoms with E-state index >= 15 is 0 Å². The van der Waals surface area contributed by atoms with Crippen LogP contribution in [0.4, 0.5) is 5.69 Å². The Morgan fingerprint density at radius 3 is 1.96 bits per heavy atom. The highest BCUT2D eigenvalue weighted by molar-refractivity contribution is 7.92. The number of hydrogen-bond donors (Lipinski definition) is 1. The van der Waals surface area contributed by atoms with E-state index in [1.165, 1.54) is 37.3 Å². The van der Waals surface area contributed by atoms with Gasteiger partial charge >= 0.3 is 0 Å². The Bertz CT molecular complexity index is 1780. The molecule has 1 N–H and O–H groups in total. The molecule has 0 unspecified atom stereocenters. The first kappa shape index (κ1) is 36.0. The van der Waals surface area contributed by atoms with E-state index in [1.807, 2.05) is 82.3 Å². The summed E-state index contributed by atoms with van der Waals surface area (Å²) >= 11 is 0. The van der Waals surface area contributed by atoms with E-state index in [9.17, 15) is 18.0 Å². The standard InChI is InChI=1S/C38H45N3O6S/c1-27(2)24-39-38(43)34(22-30-10-8-7-9-11-30)40(25-31-16-12-28(3)13-17-31)37(42)26-41(32-18-14-29(4)15-19-32)48(44,45)33-20-21-35(46-5)36(23-33)47-6/h7-21,23,27,34H,22,24-26H2,1-6H3,(H,39,43)/t34-/m0/s1. The molecule has 0 spiro atoms. The monoisotopic (exact) mass is 671 g/mol. The lowest BCUT2D eigenvalue weighted by Crippen LogP contribution is -2.53. The van der Waals surface area contributed by atoms with Gasteiger partial charge in [-0.2, -0.15) is 0 Å². The lowest BCUT2D eigenvalue weighted by Gasteiger charge is -2.34. The van der Waals surface area contributed by atoms with Crippen LogP contribution in [0, 0.1) is 19.8 Å². The van der Waals surface area contributed by atoms with Crippen LogP contribution in [0.2, 0.25) is 0 Å². The topological polar surface area (TPSA) is 105 Å². The van der Waals surface area contributed by atoms with E-state index in [0.29, 0.717) is 18.0 Å². The number of ether oxygens (including phenoxy) is 2. The van der Waals surface area contributed by atoms with Gasteiger partial charge in [0.05, 0.1) is 24.8 Å². The second-order valence-electron chi connectivity index (χ2n) is 12.2. The third-order valence-corrected chi connectivity index (χ3v) is 9.74. The van der Waals surface area contributed by atoms with Crippen molar-refractivity contribution >= 4 is 27.5 Å². The zero-order chi connectivity index (χ0) is 34.8. The van der Waals surface area contributed by atoms with Gasteiger partial charge in [0.1, 0.15) is 12.6 Å². The molecule has 1 atom stereocenters. The Kier molecular flexibility index (Phi) is 12.2. The number of aryl methyl sites for hydroxylation is 2. The van der Waals surface area contributed by atoms with Crippen molar-refractivity contribution in [3.05, 3.63) is 119 Å². The van der Waals surface area contributed by atoms with Gasteiger partial charge in [-0.05, 0) is 55.2 Å². The molecule has 2 amide bonds. The summed E-state index contributed by atoms with van der Waals surface area (Å²) in [7, 11) is -1.41. The molecule has 0 aliphatic heterocycles. The van der Waals surface area contributed by atoms with Crippen molar-refractivity contribution in [3.63, 3.8) is 0 Å². The predicted octanol–water partition coefficient (Wildman–Crippen LogP) is 5.93. The summed E-state index contributed by atoms with van der Waals surface area (Å²) in [4.78, 5) is 30.0. The number of nitrogens with zero attached hydrogens (tertiary/aromatic N) is 2. The zero-order valence-electron chi connectivity index (χ0n) is 28.5. The molecular formula is C38H45N3O6S. The molecule has 4 aromatic carbocycles. The molecule has 0 heterocycles. The molecule has 0 aliphatic rings. The summed E-state index contributed by atoms with van der Waals surface area (Å²) in [6.45, 7) is 7.86. The maximum atomic E-state index is 14.6. The summed E-state index contributed by atoms with van der Waals surface area (Å²) in [5.41, 5.74) is 3.98. The molecule has 0 aromatic heterocycles. The molecule has 4 aromatic rings. The van der Waals surface area contributed by atoms with Gasteiger partial charge in [-0.3, -0.25) is 13.9 Å². The second-order valence-corrected chi connectivity index (χ2v) is 14.1. The third-order valence-electron chi connectivity index (χ3n) is 7.97. The lowest BCUT2D eigenvalue weighted by molar-refractivity contribution is -0.140. The van der Waals surface area contributed by atoms with Gasteiger partial charge in [0, 0.05) is 25.6 Å². The molecular weight excluding hydrogens is 627 g/mol. The smallest absolute Gasteiger partial charge is 0.264 e. The highest BCUT2D eigenvalue weighted by Crippen LogP contribution is 2.32. The Labute approximate surface area is 284 Å². The lowest BCUT2D eigenvalue weighted by atomic mass is 10.0. The van der Waals surface area contributed by atoms with Crippen LogP contribution in [0.15, 0.2) is 102 Å². The number of rotatable bonds is 15. The molecule has 9 nitrogen and oxygen atoms in total. The third kappa shape index (κ3) is 9.16. The summed E-state index contributed by atoms with van der Waals surface area (Å²) in [5.74, 6) is -0.0379. The number of methoxy groups -OCH3 is 2. The van der Waals surface area contributed by atoms with Crippen molar-refractivity contribution in [3.8, 4) is 11.5 Å². The molecule has 254 valence electrons. The van der Waals surface area contributed by atoms with Gasteiger partial charge in [-0.25, -0.2) is 8.42 Å². The average molecular weight is 672 g/mol. The van der Waals surface area contributed by atoms with Crippen LogP contribution < -0.4 is 19.1 Å². The fraction of sp³-hybridized carbons (Fsp3) is 0.316. The molecule has 10 heteroatoms. The first-order chi connectivity index (χ1) is 22.9. The van der Waals surface area contributed by atoms with Gasteiger partial charge in [-0.1, -0.05) is 91.7 Å². The normalized spacial score (nSPS) is 11.9. The molecule has 0 bridgehead atoms. The predicted molar refractivity (Wildman–Crippen MR) is 189 cm³/mol. The highest BCUT2D eigenvalue weighted by atomic mass is 32.2. The van der Waals surface area contributed by atoms with Gasteiger partial charge in [-0.15, -0.1) is 0 Å². The van der Waals surface area contributed by atoms with Crippen molar-refractivity contribution in [2.75, 3.05) is 31.6 Å². The number of anilines is 1. The molecule has 0 saturated heterocycles. The van der Waals surface area contributed by atoms with E-state index < -0.39 is 28.5 Å². The van der Waals surface area contributed by atoms with E-state index in [0.717, 1.165) is 26.6 Å². The summed E-state index contributed by atoms with van der Waals surface area (Å²) in [6, 6.07) is 27.5. The van der Waals surface area contributed by atoms with Crippen molar-refractivity contribution < 1.29 is 27.5 Å². The van der Waals surface area contributed by atoms with E-state index in [2.05, 4.69) is 5.32 Å². The summed E-state index contributed by atoms with van der Waals surface area (Å²) in [6.07, 6.45) is 0.245. The number of benzene rings is 4. The quantitative estimate of drug-likeness (QED) is 0.168. The van der Waals surface area contributed by atoms with Crippen LogP contribution in [0.1, 0.15) is 36.1 Å². The number of sulfonamides is 1. The maximum absolute atomic E-state index is 14.6. The largest absolute Gasteiger partial charge is 0.493 e. The molecule has 48 heavy (non-hydrogen) atoms. The van der Waals surface area contributed by atoms with Gasteiger partial charge < -0.3 is 19.7 Å². The van der Waals surface area contributed by atoms with Crippen molar-refractivity contribution in [2.24, 2.45) is 5.92 Å². The summed E-state index contributed by atoms with van der Waals surface area (Å²) < 4.78 is 40.6. The molecule has 0 fully saturated rings. The second kappa shape index (κ2) is 16.3. The van der Waals surface area contributed by atoms with Gasteiger partial charge in [0.2, 0.25) is 11.8 Å². The van der Waals surface area contributed by atoms with E-state index in [4.69, 9.17) is 9.47 Å². The highest BCUT2D eigenvalue weighted by Gasteiger charge is 2.35. The van der Waals surface area contributed by atoms with Crippen LogP contribution >= 0.6 is 0 Å². The zero-order valence-corrected chi connectivity index (χ0v) is 29.3. The minimum atomic E-state index is -4.31. The number of amides is 2.